The lowest BCUT2D eigenvalue weighted by Crippen LogP contribution is -2.29. The van der Waals surface area contributed by atoms with Crippen LogP contribution in [0.5, 0.6) is 0 Å². The second kappa shape index (κ2) is 5.89. The molecule has 1 aromatic carbocycles. The molecule has 0 aromatic heterocycles. The summed E-state index contributed by atoms with van der Waals surface area (Å²) in [6.45, 7) is 4.20. The van der Waals surface area contributed by atoms with Gasteiger partial charge in [-0.05, 0) is 26.0 Å². The number of urea groups is 1. The van der Waals surface area contributed by atoms with Crippen LogP contribution in [-0.4, -0.2) is 25.7 Å². The number of aryl methyl sites for hydroxylation is 1. The van der Waals surface area contributed by atoms with Crippen molar-refractivity contribution < 1.29 is 14.3 Å². The molecule has 5 nitrogen and oxygen atoms in total. The molecule has 2 amide bonds. The third-order valence-corrected chi connectivity index (χ3v) is 2.17. The van der Waals surface area contributed by atoms with Crippen molar-refractivity contribution >= 4 is 17.7 Å². The minimum Gasteiger partial charge on any atom is -0.465 e. The van der Waals surface area contributed by atoms with E-state index in [1.165, 1.54) is 7.11 Å². The summed E-state index contributed by atoms with van der Waals surface area (Å²) in [6, 6.07) is 4.82. The Morgan fingerprint density at radius 1 is 1.35 bits per heavy atom. The lowest BCUT2D eigenvalue weighted by molar-refractivity contribution is 0.0602. The van der Waals surface area contributed by atoms with Gasteiger partial charge >= 0.3 is 12.0 Å². The highest BCUT2D eigenvalue weighted by Gasteiger charge is 2.13. The molecule has 0 saturated heterocycles. The third kappa shape index (κ3) is 3.48. The minimum absolute atomic E-state index is 0.346. The van der Waals surface area contributed by atoms with E-state index in [0.29, 0.717) is 17.8 Å². The molecule has 0 spiro atoms. The molecular formula is C12H16N2O3. The molecule has 92 valence electrons. The summed E-state index contributed by atoms with van der Waals surface area (Å²) in [7, 11) is 1.31. The van der Waals surface area contributed by atoms with E-state index in [-0.39, 0.29) is 6.03 Å². The largest absolute Gasteiger partial charge is 0.465 e. The van der Waals surface area contributed by atoms with Gasteiger partial charge in [0, 0.05) is 6.54 Å². The molecule has 0 saturated carbocycles. The number of esters is 1. The number of carbonyl (C=O) groups is 2. The van der Waals surface area contributed by atoms with Crippen LogP contribution in [0, 0.1) is 6.92 Å². The van der Waals surface area contributed by atoms with Crippen LogP contribution < -0.4 is 10.6 Å². The summed E-state index contributed by atoms with van der Waals surface area (Å²) in [4.78, 5) is 22.9. The summed E-state index contributed by atoms with van der Waals surface area (Å²) < 4.78 is 4.66. The maximum absolute atomic E-state index is 11.5. The zero-order chi connectivity index (χ0) is 12.8. The van der Waals surface area contributed by atoms with E-state index in [1.807, 2.05) is 19.9 Å². The third-order valence-electron chi connectivity index (χ3n) is 2.17. The van der Waals surface area contributed by atoms with Crippen molar-refractivity contribution in [2.75, 3.05) is 19.0 Å². The Bertz CT molecular complexity index is 430. The zero-order valence-electron chi connectivity index (χ0n) is 10.2. The fourth-order valence-corrected chi connectivity index (χ4v) is 1.37. The molecule has 0 radical (unpaired) electrons. The van der Waals surface area contributed by atoms with Crippen molar-refractivity contribution in [1.29, 1.82) is 0 Å². The highest BCUT2D eigenvalue weighted by atomic mass is 16.5. The molecule has 0 unspecified atom stereocenters. The lowest BCUT2D eigenvalue weighted by atomic mass is 10.1. The molecule has 2 N–H and O–H groups in total. The number of nitrogens with one attached hydrogen (secondary N) is 2. The molecule has 1 rings (SSSR count). The van der Waals surface area contributed by atoms with Gasteiger partial charge in [0.1, 0.15) is 0 Å². The summed E-state index contributed by atoms with van der Waals surface area (Å²) in [6.07, 6.45) is 0. The summed E-state index contributed by atoms with van der Waals surface area (Å²) in [5, 5.41) is 5.19. The number of amides is 2. The van der Waals surface area contributed by atoms with Crippen LogP contribution in [0.1, 0.15) is 22.8 Å². The molecule has 5 heteroatoms. The number of methoxy groups -OCH3 is 1. The van der Waals surface area contributed by atoms with E-state index in [9.17, 15) is 9.59 Å². The summed E-state index contributed by atoms with van der Waals surface area (Å²) >= 11 is 0. The van der Waals surface area contributed by atoms with Crippen LogP contribution in [0.25, 0.3) is 0 Å². The van der Waals surface area contributed by atoms with Gasteiger partial charge in [-0.2, -0.15) is 0 Å². The summed E-state index contributed by atoms with van der Waals surface area (Å²) in [5.41, 5.74) is 1.71. The Morgan fingerprint density at radius 3 is 2.65 bits per heavy atom. The zero-order valence-corrected chi connectivity index (χ0v) is 10.2. The first-order valence-corrected chi connectivity index (χ1v) is 5.32. The van der Waals surface area contributed by atoms with Gasteiger partial charge in [-0.25, -0.2) is 9.59 Å². The number of anilines is 1. The fraction of sp³-hybridized carbons (Fsp3) is 0.333. The van der Waals surface area contributed by atoms with Crippen molar-refractivity contribution in [2.24, 2.45) is 0 Å². The van der Waals surface area contributed by atoms with E-state index in [1.54, 1.807) is 12.1 Å². The van der Waals surface area contributed by atoms with Crippen molar-refractivity contribution in [3.05, 3.63) is 29.3 Å². The topological polar surface area (TPSA) is 67.4 Å². The van der Waals surface area contributed by atoms with Crippen LogP contribution in [-0.2, 0) is 4.74 Å². The van der Waals surface area contributed by atoms with E-state index in [4.69, 9.17) is 0 Å². The van der Waals surface area contributed by atoms with Crippen molar-refractivity contribution in [3.63, 3.8) is 0 Å². The molecule has 17 heavy (non-hydrogen) atoms. The molecular weight excluding hydrogens is 220 g/mol. The van der Waals surface area contributed by atoms with Crippen LogP contribution in [0.4, 0.5) is 10.5 Å². The molecule has 0 atom stereocenters. The fourth-order valence-electron chi connectivity index (χ4n) is 1.37. The highest BCUT2D eigenvalue weighted by molar-refractivity contribution is 6.00. The van der Waals surface area contributed by atoms with Gasteiger partial charge in [0.05, 0.1) is 18.4 Å². The van der Waals surface area contributed by atoms with Gasteiger partial charge in [-0.1, -0.05) is 11.6 Å². The summed E-state index contributed by atoms with van der Waals surface area (Å²) in [5.74, 6) is -0.472. The normalized spacial score (nSPS) is 9.59. The Hall–Kier alpha value is -2.04. The van der Waals surface area contributed by atoms with E-state index in [2.05, 4.69) is 15.4 Å². The molecule has 0 aliphatic rings. The first kappa shape index (κ1) is 13.0. The van der Waals surface area contributed by atoms with Crippen LogP contribution in [0.2, 0.25) is 0 Å². The van der Waals surface area contributed by atoms with E-state index < -0.39 is 5.97 Å². The Morgan fingerprint density at radius 2 is 2.06 bits per heavy atom. The molecule has 1 aromatic rings. The maximum Gasteiger partial charge on any atom is 0.339 e. The number of ether oxygens (including phenoxy) is 1. The lowest BCUT2D eigenvalue weighted by Gasteiger charge is -2.10. The highest BCUT2D eigenvalue weighted by Crippen LogP contribution is 2.18. The quantitative estimate of drug-likeness (QED) is 0.788. The Labute approximate surface area is 100 Å². The number of rotatable bonds is 3. The average Bonchev–Trinajstić information content (AvgIpc) is 2.30. The Balaban J connectivity index is 2.98. The van der Waals surface area contributed by atoms with Gasteiger partial charge < -0.3 is 15.4 Å². The predicted molar refractivity (Wildman–Crippen MR) is 65.2 cm³/mol. The van der Waals surface area contributed by atoms with Gasteiger partial charge in [0.2, 0.25) is 0 Å². The second-order valence-electron chi connectivity index (χ2n) is 3.53. The number of carbonyl (C=O) groups excluding carboxylic acids is 2. The maximum atomic E-state index is 11.5. The monoisotopic (exact) mass is 236 g/mol. The first-order chi connectivity index (χ1) is 8.08. The molecule has 0 aliphatic heterocycles. The van der Waals surface area contributed by atoms with Crippen LogP contribution in [0.15, 0.2) is 18.2 Å². The second-order valence-corrected chi connectivity index (χ2v) is 3.53. The van der Waals surface area contributed by atoms with Gasteiger partial charge in [-0.15, -0.1) is 0 Å². The average molecular weight is 236 g/mol. The standard InChI is InChI=1S/C12H16N2O3/c1-4-13-12(16)14-10-6-5-8(2)7-9(10)11(15)17-3/h5-7H,4H2,1-3H3,(H2,13,14,16). The van der Waals surface area contributed by atoms with Crippen LogP contribution in [0.3, 0.4) is 0 Å². The molecule has 0 fully saturated rings. The number of hydrogen-bond donors (Lipinski definition) is 2. The van der Waals surface area contributed by atoms with Crippen molar-refractivity contribution in [1.82, 2.24) is 5.32 Å². The van der Waals surface area contributed by atoms with E-state index >= 15 is 0 Å². The smallest absolute Gasteiger partial charge is 0.339 e. The van der Waals surface area contributed by atoms with Gasteiger partial charge in [-0.3, -0.25) is 0 Å². The van der Waals surface area contributed by atoms with Gasteiger partial charge in [0.25, 0.3) is 0 Å². The first-order valence-electron chi connectivity index (χ1n) is 5.32. The number of hydrogen-bond acceptors (Lipinski definition) is 3. The Kier molecular flexibility index (Phi) is 4.51. The van der Waals surface area contributed by atoms with Crippen molar-refractivity contribution in [3.8, 4) is 0 Å². The SMILES string of the molecule is CCNC(=O)Nc1ccc(C)cc1C(=O)OC. The minimum atomic E-state index is -0.472. The van der Waals surface area contributed by atoms with Crippen molar-refractivity contribution in [2.45, 2.75) is 13.8 Å². The van der Waals surface area contributed by atoms with E-state index in [0.717, 1.165) is 5.56 Å². The van der Waals surface area contributed by atoms with Gasteiger partial charge in [0.15, 0.2) is 0 Å². The molecule has 0 heterocycles. The molecule has 0 aliphatic carbocycles. The number of benzene rings is 1. The van der Waals surface area contributed by atoms with Crippen LogP contribution >= 0.6 is 0 Å². The predicted octanol–water partition coefficient (Wildman–Crippen LogP) is 1.92. The molecule has 0 bridgehead atoms.